The van der Waals surface area contributed by atoms with Crippen LogP contribution in [-0.4, -0.2) is 48.6 Å². The molecule has 4 rings (SSSR count). The van der Waals surface area contributed by atoms with Crippen LogP contribution in [-0.2, 0) is 4.79 Å². The van der Waals surface area contributed by atoms with Crippen LogP contribution in [0.15, 0.2) is 66.9 Å². The highest BCUT2D eigenvalue weighted by molar-refractivity contribution is 5.90. The van der Waals surface area contributed by atoms with E-state index in [0.29, 0.717) is 13.1 Å². The lowest BCUT2D eigenvalue weighted by Gasteiger charge is -2.36. The molecule has 5 nitrogen and oxygen atoms in total. The van der Waals surface area contributed by atoms with Crippen molar-refractivity contribution in [1.82, 2.24) is 9.88 Å². The number of ether oxygens (including phenoxy) is 1. The number of hydrogen-bond acceptors (Lipinski definition) is 4. The zero-order chi connectivity index (χ0) is 17.8. The summed E-state index contributed by atoms with van der Waals surface area (Å²) >= 11 is 0. The first-order valence-electron chi connectivity index (χ1n) is 8.85. The van der Waals surface area contributed by atoms with Crippen molar-refractivity contribution in [2.45, 2.75) is 0 Å². The van der Waals surface area contributed by atoms with Crippen molar-refractivity contribution in [2.75, 3.05) is 37.7 Å². The Labute approximate surface area is 152 Å². The quantitative estimate of drug-likeness (QED) is 0.728. The molecule has 0 N–H and O–H groups in total. The Kier molecular flexibility index (Phi) is 4.69. The van der Waals surface area contributed by atoms with Gasteiger partial charge in [-0.3, -0.25) is 9.78 Å². The SMILES string of the molecule is O=C(COc1ccccc1)N1CCN(c2cccc3cccnc23)CC1. The lowest BCUT2D eigenvalue weighted by atomic mass is 10.1. The van der Waals surface area contributed by atoms with Crippen LogP contribution in [0.2, 0.25) is 0 Å². The summed E-state index contributed by atoms with van der Waals surface area (Å²) in [6.45, 7) is 3.07. The average Bonchev–Trinajstić information content (AvgIpc) is 2.72. The van der Waals surface area contributed by atoms with E-state index in [1.54, 1.807) is 0 Å². The van der Waals surface area contributed by atoms with Gasteiger partial charge in [0.15, 0.2) is 6.61 Å². The third-order valence-electron chi connectivity index (χ3n) is 4.69. The van der Waals surface area contributed by atoms with Crippen LogP contribution >= 0.6 is 0 Å². The van der Waals surface area contributed by atoms with Crippen LogP contribution in [0.4, 0.5) is 5.69 Å². The third kappa shape index (κ3) is 3.47. The Balaban J connectivity index is 1.37. The predicted molar refractivity (Wildman–Crippen MR) is 102 cm³/mol. The molecule has 0 unspecified atom stereocenters. The number of rotatable bonds is 4. The third-order valence-corrected chi connectivity index (χ3v) is 4.69. The minimum atomic E-state index is 0.0320. The van der Waals surface area contributed by atoms with Crippen LogP contribution in [0.3, 0.4) is 0 Å². The van der Waals surface area contributed by atoms with Gasteiger partial charge in [-0.25, -0.2) is 0 Å². The summed E-state index contributed by atoms with van der Waals surface area (Å²) in [5.74, 6) is 0.755. The molecule has 1 aliphatic rings. The number of nitrogens with zero attached hydrogens (tertiary/aromatic N) is 3. The largest absolute Gasteiger partial charge is 0.484 e. The zero-order valence-corrected chi connectivity index (χ0v) is 14.5. The number of piperazine rings is 1. The summed E-state index contributed by atoms with van der Waals surface area (Å²) in [4.78, 5) is 21.1. The van der Waals surface area contributed by atoms with Crippen LogP contribution in [0, 0.1) is 0 Å². The zero-order valence-electron chi connectivity index (χ0n) is 14.5. The summed E-state index contributed by atoms with van der Waals surface area (Å²) in [7, 11) is 0. The maximum atomic E-state index is 12.4. The second-order valence-corrected chi connectivity index (χ2v) is 6.32. The fraction of sp³-hybridized carbons (Fsp3) is 0.238. The van der Waals surface area contributed by atoms with Gasteiger partial charge in [-0.15, -0.1) is 0 Å². The maximum absolute atomic E-state index is 12.4. The van der Waals surface area contributed by atoms with E-state index in [1.807, 2.05) is 47.5 Å². The van der Waals surface area contributed by atoms with Gasteiger partial charge in [0.25, 0.3) is 5.91 Å². The van der Waals surface area contributed by atoms with Gasteiger partial charge in [0.2, 0.25) is 0 Å². The predicted octanol–water partition coefficient (Wildman–Crippen LogP) is 2.96. The Morgan fingerprint density at radius 3 is 2.50 bits per heavy atom. The molecular weight excluding hydrogens is 326 g/mol. The van der Waals surface area contributed by atoms with E-state index in [1.165, 1.54) is 0 Å². The Morgan fingerprint density at radius 2 is 1.69 bits per heavy atom. The van der Waals surface area contributed by atoms with Gasteiger partial charge in [0.1, 0.15) is 5.75 Å². The van der Waals surface area contributed by atoms with Gasteiger partial charge < -0.3 is 14.5 Å². The molecule has 0 atom stereocenters. The van der Waals surface area contributed by atoms with Gasteiger partial charge in [-0.1, -0.05) is 36.4 Å². The van der Waals surface area contributed by atoms with Crippen LogP contribution in [0.1, 0.15) is 0 Å². The number of hydrogen-bond donors (Lipinski definition) is 0. The minimum Gasteiger partial charge on any atom is -0.484 e. The number of carbonyl (C=O) groups is 1. The van der Waals surface area contributed by atoms with E-state index in [4.69, 9.17) is 4.74 Å². The van der Waals surface area contributed by atoms with Crippen molar-refractivity contribution in [3.63, 3.8) is 0 Å². The Hall–Kier alpha value is -3.08. The molecule has 2 aromatic carbocycles. The van der Waals surface area contributed by atoms with Crippen molar-refractivity contribution in [2.24, 2.45) is 0 Å². The van der Waals surface area contributed by atoms with Gasteiger partial charge in [0.05, 0.1) is 11.2 Å². The first kappa shape index (κ1) is 16.4. The van der Waals surface area contributed by atoms with Crippen molar-refractivity contribution < 1.29 is 9.53 Å². The van der Waals surface area contributed by atoms with Crippen molar-refractivity contribution in [1.29, 1.82) is 0 Å². The number of anilines is 1. The smallest absolute Gasteiger partial charge is 0.260 e. The molecule has 132 valence electrons. The highest BCUT2D eigenvalue weighted by atomic mass is 16.5. The van der Waals surface area contributed by atoms with Crippen LogP contribution < -0.4 is 9.64 Å². The molecule has 1 saturated heterocycles. The number of amides is 1. The number of benzene rings is 2. The van der Waals surface area contributed by atoms with Gasteiger partial charge >= 0.3 is 0 Å². The van der Waals surface area contributed by atoms with Gasteiger partial charge in [-0.05, 0) is 24.3 Å². The first-order valence-corrected chi connectivity index (χ1v) is 8.85. The lowest BCUT2D eigenvalue weighted by Crippen LogP contribution is -2.50. The second kappa shape index (κ2) is 7.44. The first-order chi connectivity index (χ1) is 12.8. The average molecular weight is 347 g/mol. The number of para-hydroxylation sites is 2. The Morgan fingerprint density at radius 1 is 0.923 bits per heavy atom. The topological polar surface area (TPSA) is 45.7 Å². The molecule has 0 spiro atoms. The number of pyridine rings is 1. The van der Waals surface area contributed by atoms with E-state index in [0.717, 1.165) is 35.4 Å². The number of aromatic nitrogens is 1. The highest BCUT2D eigenvalue weighted by Crippen LogP contribution is 2.25. The van der Waals surface area contributed by atoms with Crippen LogP contribution in [0.5, 0.6) is 5.75 Å². The summed E-state index contributed by atoms with van der Waals surface area (Å²) in [6, 6.07) is 19.7. The van der Waals surface area contributed by atoms with Gasteiger partial charge in [-0.2, -0.15) is 0 Å². The summed E-state index contributed by atoms with van der Waals surface area (Å²) < 4.78 is 5.58. The van der Waals surface area contributed by atoms with Gasteiger partial charge in [0, 0.05) is 37.8 Å². The molecule has 0 bridgehead atoms. The summed E-state index contributed by atoms with van der Waals surface area (Å²) in [6.07, 6.45) is 1.83. The molecule has 1 amide bonds. The van der Waals surface area contributed by atoms with Crippen molar-refractivity contribution >= 4 is 22.5 Å². The molecule has 2 heterocycles. The molecule has 0 radical (unpaired) electrons. The fourth-order valence-corrected chi connectivity index (χ4v) is 3.29. The van der Waals surface area contributed by atoms with E-state index in [-0.39, 0.29) is 12.5 Å². The molecular formula is C21H21N3O2. The molecule has 1 fully saturated rings. The molecule has 3 aromatic rings. The number of fused-ring (bicyclic) bond motifs is 1. The fourth-order valence-electron chi connectivity index (χ4n) is 3.29. The summed E-state index contributed by atoms with van der Waals surface area (Å²) in [5.41, 5.74) is 2.15. The van der Waals surface area contributed by atoms with E-state index >= 15 is 0 Å². The van der Waals surface area contributed by atoms with Crippen LogP contribution in [0.25, 0.3) is 10.9 Å². The van der Waals surface area contributed by atoms with Crippen molar-refractivity contribution in [3.8, 4) is 5.75 Å². The molecule has 26 heavy (non-hydrogen) atoms. The normalized spacial score (nSPS) is 14.5. The molecule has 0 aliphatic carbocycles. The highest BCUT2D eigenvalue weighted by Gasteiger charge is 2.22. The molecule has 5 heteroatoms. The monoisotopic (exact) mass is 347 g/mol. The standard InChI is InChI=1S/C21H21N3O2/c25-20(16-26-18-8-2-1-3-9-18)24-14-12-23(13-15-24)19-10-4-6-17-7-5-11-22-21(17)19/h1-11H,12-16H2. The second-order valence-electron chi connectivity index (χ2n) is 6.32. The lowest BCUT2D eigenvalue weighted by molar-refractivity contribution is -0.133. The number of carbonyl (C=O) groups excluding carboxylic acids is 1. The van der Waals surface area contributed by atoms with E-state index in [2.05, 4.69) is 34.1 Å². The molecule has 0 saturated carbocycles. The molecule has 1 aromatic heterocycles. The minimum absolute atomic E-state index is 0.0320. The molecule has 1 aliphatic heterocycles. The Bertz CT molecular complexity index is 885. The van der Waals surface area contributed by atoms with E-state index < -0.39 is 0 Å². The van der Waals surface area contributed by atoms with Crippen molar-refractivity contribution in [3.05, 3.63) is 66.9 Å². The summed E-state index contributed by atoms with van der Waals surface area (Å²) in [5, 5.41) is 1.14. The maximum Gasteiger partial charge on any atom is 0.260 e. The van der Waals surface area contributed by atoms with E-state index in [9.17, 15) is 4.79 Å².